The topological polar surface area (TPSA) is 126 Å². The fourth-order valence-electron chi connectivity index (χ4n) is 5.00. The second-order valence-electron chi connectivity index (χ2n) is 10.7. The number of nitrogens with zero attached hydrogens (tertiary/aromatic N) is 3. The van der Waals surface area contributed by atoms with E-state index < -0.39 is 0 Å². The summed E-state index contributed by atoms with van der Waals surface area (Å²) in [5, 5.41) is 9.56. The van der Waals surface area contributed by atoms with Gasteiger partial charge in [-0.2, -0.15) is 0 Å². The van der Waals surface area contributed by atoms with Gasteiger partial charge in [0.2, 0.25) is 11.9 Å². The summed E-state index contributed by atoms with van der Waals surface area (Å²) in [5.74, 6) is -0.0663. The van der Waals surface area contributed by atoms with Gasteiger partial charge in [0.05, 0.1) is 16.9 Å². The minimum absolute atomic E-state index is 0.0574. The minimum atomic E-state index is -0.260. The van der Waals surface area contributed by atoms with Gasteiger partial charge >= 0.3 is 0 Å². The highest BCUT2D eigenvalue weighted by Gasteiger charge is 2.29. The van der Waals surface area contributed by atoms with Crippen molar-refractivity contribution in [2.75, 3.05) is 25.1 Å². The number of carbonyl (C=O) groups is 3. The fraction of sp³-hybridized carbons (Fsp3) is 0.367. The van der Waals surface area contributed by atoms with Gasteiger partial charge < -0.3 is 25.6 Å². The van der Waals surface area contributed by atoms with Crippen molar-refractivity contribution < 1.29 is 19.1 Å². The quantitative estimate of drug-likeness (QED) is 0.357. The fourth-order valence-corrected chi connectivity index (χ4v) is 5.20. The Morgan fingerprint density at radius 2 is 1.80 bits per heavy atom. The number of halogens is 1. The maximum Gasteiger partial charge on any atom is 0.254 e. The van der Waals surface area contributed by atoms with Crippen LogP contribution >= 0.6 is 11.6 Å². The maximum atomic E-state index is 13.2. The van der Waals surface area contributed by atoms with Crippen LogP contribution in [0.2, 0.25) is 5.02 Å². The Labute approximate surface area is 242 Å². The smallest absolute Gasteiger partial charge is 0.254 e. The summed E-state index contributed by atoms with van der Waals surface area (Å²) >= 11 is 6.45. The molecule has 10 nitrogen and oxygen atoms in total. The molecule has 1 aliphatic carbocycles. The highest BCUT2D eigenvalue weighted by Crippen LogP contribution is 2.31. The Kier molecular flexibility index (Phi) is 7.84. The number of carbonyl (C=O) groups excluding carboxylic acids is 3. The SMILES string of the molecule is O=C(CN1Cc2ccc(-c3nc(NC4CCOCC4)ncc3Cl)cc2C1=O)NCc1ccc(C(=O)NC2CC2)cc1. The van der Waals surface area contributed by atoms with Crippen LogP contribution in [0.4, 0.5) is 5.95 Å². The van der Waals surface area contributed by atoms with Crippen LogP contribution in [0, 0.1) is 0 Å². The molecule has 2 fully saturated rings. The van der Waals surface area contributed by atoms with Crippen molar-refractivity contribution in [2.24, 2.45) is 0 Å². The second-order valence-corrected chi connectivity index (χ2v) is 11.1. The lowest BCUT2D eigenvalue weighted by molar-refractivity contribution is -0.122. The van der Waals surface area contributed by atoms with Gasteiger partial charge in [-0.25, -0.2) is 9.97 Å². The lowest BCUT2D eigenvalue weighted by Crippen LogP contribution is -2.37. The number of nitrogens with one attached hydrogen (secondary N) is 3. The number of rotatable bonds is 9. The van der Waals surface area contributed by atoms with E-state index in [9.17, 15) is 14.4 Å². The number of aromatic nitrogens is 2. The van der Waals surface area contributed by atoms with Crippen LogP contribution in [0.3, 0.4) is 0 Å². The number of ether oxygens (including phenoxy) is 1. The zero-order valence-corrected chi connectivity index (χ0v) is 23.2. The molecule has 2 aromatic carbocycles. The van der Waals surface area contributed by atoms with Gasteiger partial charge in [-0.15, -0.1) is 0 Å². The van der Waals surface area contributed by atoms with Crippen molar-refractivity contribution >= 4 is 35.3 Å². The molecule has 11 heteroatoms. The molecule has 212 valence electrons. The molecule has 3 heterocycles. The molecule has 1 saturated carbocycles. The summed E-state index contributed by atoms with van der Waals surface area (Å²) < 4.78 is 5.42. The summed E-state index contributed by atoms with van der Waals surface area (Å²) in [5.41, 5.74) is 4.09. The Morgan fingerprint density at radius 1 is 1.02 bits per heavy atom. The van der Waals surface area contributed by atoms with Gasteiger partial charge in [0.25, 0.3) is 11.8 Å². The molecule has 41 heavy (non-hydrogen) atoms. The van der Waals surface area contributed by atoms with Crippen LogP contribution in [0.25, 0.3) is 11.3 Å². The predicted molar refractivity (Wildman–Crippen MR) is 153 cm³/mol. The Bertz CT molecular complexity index is 1470. The summed E-state index contributed by atoms with van der Waals surface area (Å²) in [4.78, 5) is 48.5. The van der Waals surface area contributed by atoms with Crippen molar-refractivity contribution in [3.8, 4) is 11.3 Å². The zero-order chi connectivity index (χ0) is 28.3. The van der Waals surface area contributed by atoms with E-state index in [0.717, 1.165) is 36.8 Å². The van der Waals surface area contributed by atoms with E-state index in [0.29, 0.717) is 65.7 Å². The maximum absolute atomic E-state index is 13.2. The van der Waals surface area contributed by atoms with Gasteiger partial charge in [-0.1, -0.05) is 35.9 Å². The first-order valence-corrected chi connectivity index (χ1v) is 14.3. The Morgan fingerprint density at radius 3 is 2.56 bits per heavy atom. The van der Waals surface area contributed by atoms with Gasteiger partial charge in [0, 0.05) is 55.1 Å². The van der Waals surface area contributed by atoms with E-state index in [4.69, 9.17) is 16.3 Å². The van der Waals surface area contributed by atoms with Crippen molar-refractivity contribution in [1.82, 2.24) is 25.5 Å². The molecule has 3 N–H and O–H groups in total. The lowest BCUT2D eigenvalue weighted by Gasteiger charge is -2.23. The first kappa shape index (κ1) is 27.2. The molecule has 1 saturated heterocycles. The third kappa shape index (κ3) is 6.49. The normalized spacial score (nSPS) is 16.8. The number of anilines is 1. The van der Waals surface area contributed by atoms with Crippen LogP contribution in [0.1, 0.15) is 57.5 Å². The van der Waals surface area contributed by atoms with Gasteiger partial charge in [0.1, 0.15) is 6.54 Å². The molecule has 0 atom stereocenters. The lowest BCUT2D eigenvalue weighted by atomic mass is 10.0. The summed E-state index contributed by atoms with van der Waals surface area (Å²) in [6, 6.07) is 13.2. The first-order chi connectivity index (χ1) is 19.9. The van der Waals surface area contributed by atoms with E-state index in [1.54, 1.807) is 24.4 Å². The van der Waals surface area contributed by atoms with E-state index in [-0.39, 0.29) is 30.3 Å². The van der Waals surface area contributed by atoms with Crippen LogP contribution in [0.15, 0.2) is 48.7 Å². The molecule has 0 bridgehead atoms. The van der Waals surface area contributed by atoms with Gasteiger partial charge in [-0.3, -0.25) is 14.4 Å². The van der Waals surface area contributed by atoms with E-state index in [1.165, 1.54) is 4.90 Å². The summed E-state index contributed by atoms with van der Waals surface area (Å²) in [6.07, 6.45) is 5.39. The monoisotopic (exact) mass is 574 g/mol. The predicted octanol–water partition coefficient (Wildman–Crippen LogP) is 3.55. The third-order valence-corrected chi connectivity index (χ3v) is 7.79. The summed E-state index contributed by atoms with van der Waals surface area (Å²) in [7, 11) is 0. The molecule has 3 aliphatic rings. The number of benzene rings is 2. The van der Waals surface area contributed by atoms with Crippen molar-refractivity contribution in [3.05, 3.63) is 75.9 Å². The van der Waals surface area contributed by atoms with Gasteiger partial charge in [0.15, 0.2) is 0 Å². The molecule has 0 spiro atoms. The van der Waals surface area contributed by atoms with Gasteiger partial charge in [-0.05, 0) is 55.0 Å². The molecule has 3 aromatic rings. The standard InChI is InChI=1S/C30H31ClN6O4/c31-25-15-33-30(35-23-9-11-41-12-10-23)36-27(25)20-5-6-21-16-37(29(40)24(21)13-20)17-26(38)32-14-18-1-3-19(4-2-18)28(39)34-22-7-8-22/h1-6,13,15,22-23H,7-12,14,16-17H2,(H,32,38)(H,34,39)(H,33,35,36). The minimum Gasteiger partial charge on any atom is -0.381 e. The second kappa shape index (κ2) is 11.8. The average Bonchev–Trinajstić information content (AvgIpc) is 3.76. The first-order valence-electron chi connectivity index (χ1n) is 13.9. The molecule has 3 amide bonds. The van der Waals surface area contributed by atoms with Crippen LogP contribution in [-0.4, -0.2) is 64.4 Å². The Balaban J connectivity index is 1.06. The van der Waals surface area contributed by atoms with E-state index >= 15 is 0 Å². The molecule has 6 rings (SSSR count). The molecular formula is C30H31ClN6O4. The number of hydrogen-bond acceptors (Lipinski definition) is 7. The number of amides is 3. The number of fused-ring (bicyclic) bond motifs is 1. The molecule has 1 aromatic heterocycles. The highest BCUT2D eigenvalue weighted by atomic mass is 35.5. The zero-order valence-electron chi connectivity index (χ0n) is 22.5. The third-order valence-electron chi connectivity index (χ3n) is 7.51. The summed E-state index contributed by atoms with van der Waals surface area (Å²) in [6.45, 7) is 2.00. The Hall–Kier alpha value is -4.02. The van der Waals surface area contributed by atoms with Crippen molar-refractivity contribution in [1.29, 1.82) is 0 Å². The van der Waals surface area contributed by atoms with E-state index in [1.807, 2.05) is 24.3 Å². The average molecular weight is 575 g/mol. The van der Waals surface area contributed by atoms with Crippen LogP contribution in [-0.2, 0) is 22.6 Å². The largest absolute Gasteiger partial charge is 0.381 e. The molecule has 2 aliphatic heterocycles. The van der Waals surface area contributed by atoms with Crippen LogP contribution < -0.4 is 16.0 Å². The molecule has 0 unspecified atom stereocenters. The highest BCUT2D eigenvalue weighted by molar-refractivity contribution is 6.33. The van der Waals surface area contributed by atoms with Crippen LogP contribution in [0.5, 0.6) is 0 Å². The van der Waals surface area contributed by atoms with Crippen molar-refractivity contribution in [3.63, 3.8) is 0 Å². The number of hydrogen-bond donors (Lipinski definition) is 3. The molecule has 0 radical (unpaired) electrons. The van der Waals surface area contributed by atoms with E-state index in [2.05, 4.69) is 25.9 Å². The molecular weight excluding hydrogens is 544 g/mol. The van der Waals surface area contributed by atoms with Crippen molar-refractivity contribution in [2.45, 2.75) is 50.9 Å².